The van der Waals surface area contributed by atoms with Crippen LogP contribution in [0.25, 0.3) is 5.65 Å². The van der Waals surface area contributed by atoms with E-state index in [0.717, 1.165) is 24.2 Å². The van der Waals surface area contributed by atoms with Gasteiger partial charge in [0.15, 0.2) is 0 Å². The van der Waals surface area contributed by atoms with Crippen LogP contribution in [0, 0.1) is 0 Å². The van der Waals surface area contributed by atoms with Crippen molar-refractivity contribution in [3.05, 3.63) is 46.5 Å². The highest BCUT2D eigenvalue weighted by Crippen LogP contribution is 2.00. The highest BCUT2D eigenvalue weighted by atomic mass is 16.1. The smallest absolute Gasteiger partial charge is 0.258 e. The summed E-state index contributed by atoms with van der Waals surface area (Å²) in [5.74, 6) is 0. The Morgan fingerprint density at radius 3 is 3.07 bits per heavy atom. The van der Waals surface area contributed by atoms with E-state index in [2.05, 4.69) is 11.9 Å². The summed E-state index contributed by atoms with van der Waals surface area (Å²) in [6, 6.07) is 7.17. The third kappa shape index (κ3) is 1.53. The van der Waals surface area contributed by atoms with Gasteiger partial charge in [-0.05, 0) is 18.6 Å². The molecule has 0 radical (unpaired) electrons. The molecular weight excluding hydrogens is 176 g/mol. The van der Waals surface area contributed by atoms with E-state index in [-0.39, 0.29) is 5.56 Å². The summed E-state index contributed by atoms with van der Waals surface area (Å²) in [6.45, 7) is 2.08. The van der Waals surface area contributed by atoms with Crippen molar-refractivity contribution in [2.75, 3.05) is 0 Å². The fourth-order valence-electron chi connectivity index (χ4n) is 1.49. The number of hydrogen-bond acceptors (Lipinski definition) is 2. The first-order valence-electron chi connectivity index (χ1n) is 4.78. The van der Waals surface area contributed by atoms with Gasteiger partial charge in [0.1, 0.15) is 5.65 Å². The van der Waals surface area contributed by atoms with Crippen LogP contribution in [0.4, 0.5) is 0 Å². The zero-order chi connectivity index (χ0) is 9.97. The Hall–Kier alpha value is -1.64. The molecule has 0 aliphatic rings. The molecule has 0 bridgehead atoms. The molecule has 0 saturated heterocycles. The predicted octanol–water partition coefficient (Wildman–Crippen LogP) is 1.65. The third-order valence-corrected chi connectivity index (χ3v) is 2.13. The lowest BCUT2D eigenvalue weighted by atomic mass is 10.2. The summed E-state index contributed by atoms with van der Waals surface area (Å²) < 4.78 is 1.55. The van der Waals surface area contributed by atoms with E-state index in [1.165, 1.54) is 0 Å². The van der Waals surface area contributed by atoms with Crippen molar-refractivity contribution >= 4 is 5.65 Å². The summed E-state index contributed by atoms with van der Waals surface area (Å²) in [5, 5.41) is 0. The van der Waals surface area contributed by atoms with E-state index in [4.69, 9.17) is 0 Å². The van der Waals surface area contributed by atoms with Crippen LogP contribution >= 0.6 is 0 Å². The summed E-state index contributed by atoms with van der Waals surface area (Å²) in [5.41, 5.74) is 1.60. The Morgan fingerprint density at radius 2 is 2.29 bits per heavy atom. The lowest BCUT2D eigenvalue weighted by Crippen LogP contribution is -2.14. The van der Waals surface area contributed by atoms with Crippen LogP contribution in [0.5, 0.6) is 0 Å². The van der Waals surface area contributed by atoms with Crippen LogP contribution in [-0.2, 0) is 6.42 Å². The Kier molecular flexibility index (Phi) is 2.31. The molecule has 0 amide bonds. The number of aromatic nitrogens is 2. The summed E-state index contributed by atoms with van der Waals surface area (Å²) >= 11 is 0. The van der Waals surface area contributed by atoms with Crippen molar-refractivity contribution in [3.8, 4) is 0 Å². The maximum atomic E-state index is 11.6. The van der Waals surface area contributed by atoms with Crippen LogP contribution in [0.3, 0.4) is 0 Å². The van der Waals surface area contributed by atoms with Crippen molar-refractivity contribution in [2.24, 2.45) is 0 Å². The minimum Gasteiger partial charge on any atom is -0.269 e. The minimum atomic E-state index is -0.000880. The van der Waals surface area contributed by atoms with E-state index < -0.39 is 0 Å². The van der Waals surface area contributed by atoms with Gasteiger partial charge >= 0.3 is 0 Å². The molecule has 3 heteroatoms. The van der Waals surface area contributed by atoms with Crippen LogP contribution in [0.1, 0.15) is 19.0 Å². The fraction of sp³-hybridized carbons (Fsp3) is 0.273. The highest BCUT2D eigenvalue weighted by Gasteiger charge is 1.99. The maximum Gasteiger partial charge on any atom is 0.258 e. The first-order valence-corrected chi connectivity index (χ1v) is 4.78. The molecule has 0 atom stereocenters. The Morgan fingerprint density at radius 1 is 1.43 bits per heavy atom. The van der Waals surface area contributed by atoms with E-state index in [9.17, 15) is 4.79 Å². The average Bonchev–Trinajstić information content (AvgIpc) is 2.18. The van der Waals surface area contributed by atoms with Crippen molar-refractivity contribution in [1.29, 1.82) is 0 Å². The fourth-order valence-corrected chi connectivity index (χ4v) is 1.49. The van der Waals surface area contributed by atoms with Gasteiger partial charge in [0.25, 0.3) is 5.56 Å². The van der Waals surface area contributed by atoms with E-state index in [1.807, 2.05) is 18.2 Å². The molecule has 14 heavy (non-hydrogen) atoms. The number of pyridine rings is 1. The molecule has 0 fully saturated rings. The molecule has 2 heterocycles. The number of hydrogen-bond donors (Lipinski definition) is 0. The largest absolute Gasteiger partial charge is 0.269 e. The van der Waals surface area contributed by atoms with Gasteiger partial charge in [-0.1, -0.05) is 19.4 Å². The second kappa shape index (κ2) is 3.62. The maximum absolute atomic E-state index is 11.6. The van der Waals surface area contributed by atoms with Gasteiger partial charge in [-0.25, -0.2) is 4.98 Å². The molecular formula is C11H12N2O. The molecule has 0 aromatic carbocycles. The third-order valence-electron chi connectivity index (χ3n) is 2.13. The van der Waals surface area contributed by atoms with Gasteiger partial charge in [0.05, 0.1) is 0 Å². The molecule has 0 aliphatic heterocycles. The van der Waals surface area contributed by atoms with Gasteiger partial charge in [0, 0.05) is 18.0 Å². The van der Waals surface area contributed by atoms with Crippen molar-refractivity contribution < 1.29 is 0 Å². The average molecular weight is 188 g/mol. The number of aryl methyl sites for hydroxylation is 1. The lowest BCUT2D eigenvalue weighted by molar-refractivity contribution is 0.867. The molecule has 2 aromatic rings. The molecule has 0 N–H and O–H groups in total. The SMILES string of the molecule is CCCc1cc(=O)n2ccccc2n1. The normalized spacial score (nSPS) is 10.6. The zero-order valence-corrected chi connectivity index (χ0v) is 8.10. The van der Waals surface area contributed by atoms with Crippen LogP contribution < -0.4 is 5.56 Å². The van der Waals surface area contributed by atoms with Gasteiger partial charge in [-0.2, -0.15) is 0 Å². The molecule has 2 aromatic heterocycles. The number of fused-ring (bicyclic) bond motifs is 1. The van der Waals surface area contributed by atoms with E-state index in [1.54, 1.807) is 16.7 Å². The van der Waals surface area contributed by atoms with Gasteiger partial charge in [-0.15, -0.1) is 0 Å². The van der Waals surface area contributed by atoms with Crippen LogP contribution in [0.2, 0.25) is 0 Å². The summed E-state index contributed by atoms with van der Waals surface area (Å²) in [7, 11) is 0. The number of nitrogens with zero attached hydrogens (tertiary/aromatic N) is 2. The van der Waals surface area contributed by atoms with Crippen molar-refractivity contribution in [1.82, 2.24) is 9.38 Å². The first-order chi connectivity index (χ1) is 6.81. The molecule has 0 saturated carbocycles. The molecule has 0 aliphatic carbocycles. The molecule has 0 spiro atoms. The minimum absolute atomic E-state index is 0.000880. The van der Waals surface area contributed by atoms with E-state index >= 15 is 0 Å². The Bertz CT molecular complexity index is 502. The number of rotatable bonds is 2. The zero-order valence-electron chi connectivity index (χ0n) is 8.10. The van der Waals surface area contributed by atoms with Crippen molar-refractivity contribution in [3.63, 3.8) is 0 Å². The molecule has 3 nitrogen and oxygen atoms in total. The van der Waals surface area contributed by atoms with Crippen LogP contribution in [-0.4, -0.2) is 9.38 Å². The second-order valence-electron chi connectivity index (χ2n) is 3.26. The summed E-state index contributed by atoms with van der Waals surface area (Å²) in [6.07, 6.45) is 3.61. The second-order valence-corrected chi connectivity index (χ2v) is 3.26. The first kappa shape index (κ1) is 8.94. The van der Waals surface area contributed by atoms with Gasteiger partial charge in [0.2, 0.25) is 0 Å². The van der Waals surface area contributed by atoms with E-state index in [0.29, 0.717) is 0 Å². The topological polar surface area (TPSA) is 34.4 Å². The molecule has 0 unspecified atom stereocenters. The predicted molar refractivity (Wildman–Crippen MR) is 55.5 cm³/mol. The molecule has 72 valence electrons. The van der Waals surface area contributed by atoms with Crippen molar-refractivity contribution in [2.45, 2.75) is 19.8 Å². The summed E-state index contributed by atoms with van der Waals surface area (Å²) in [4.78, 5) is 16.0. The Labute approximate surface area is 82.0 Å². The van der Waals surface area contributed by atoms with Crippen LogP contribution in [0.15, 0.2) is 35.3 Å². The van der Waals surface area contributed by atoms with Gasteiger partial charge < -0.3 is 0 Å². The highest BCUT2D eigenvalue weighted by molar-refractivity contribution is 5.37. The molecule has 2 rings (SSSR count). The monoisotopic (exact) mass is 188 g/mol. The lowest BCUT2D eigenvalue weighted by Gasteiger charge is -2.01. The van der Waals surface area contributed by atoms with Gasteiger partial charge in [-0.3, -0.25) is 9.20 Å². The standard InChI is InChI=1S/C11H12N2O/c1-2-5-9-8-11(14)13-7-4-3-6-10(13)12-9/h3-4,6-8H,2,5H2,1H3. The Balaban J connectivity index is 2.66. The quantitative estimate of drug-likeness (QED) is 0.718.